The Morgan fingerprint density at radius 2 is 0.710 bits per heavy atom. The smallest absolute Gasteiger partial charge is 0.233 e. The third-order valence-corrected chi connectivity index (χ3v) is 10.5. The first-order valence-electron chi connectivity index (χ1n) is 22.5. The zero-order valence-electron chi connectivity index (χ0n) is 37.0. The van der Waals surface area contributed by atoms with Crippen LogP contribution in [0.3, 0.4) is 0 Å². The highest BCUT2D eigenvalue weighted by Gasteiger charge is 2.11. The second-order valence-corrected chi connectivity index (χ2v) is 15.7. The van der Waals surface area contributed by atoms with Gasteiger partial charge in [-0.2, -0.15) is 29.9 Å². The van der Waals surface area contributed by atoms with E-state index in [1.165, 1.54) is 64.2 Å². The van der Waals surface area contributed by atoms with Gasteiger partial charge in [0.25, 0.3) is 0 Å². The summed E-state index contributed by atoms with van der Waals surface area (Å²) >= 11 is 0. The molecule has 2 heterocycles. The SMILES string of the molecule is CCCCCCCCNc1nc(Nc2ccccc2)nc(Nc2ccc(C=Cc3ccc(Nc4nc(NCCCCCCCC)nc(Nc5ccccc5)n4)cc3C)c(C)c2)n1. The monoisotopic (exact) mass is 833 g/mol. The van der Waals surface area contributed by atoms with Gasteiger partial charge in [-0.25, -0.2) is 0 Å². The zero-order valence-corrected chi connectivity index (χ0v) is 37.0. The Morgan fingerprint density at radius 3 is 1.08 bits per heavy atom. The van der Waals surface area contributed by atoms with Crippen molar-refractivity contribution in [2.24, 2.45) is 0 Å². The Bertz CT molecular complexity index is 2120. The van der Waals surface area contributed by atoms with Gasteiger partial charge in [0.1, 0.15) is 0 Å². The van der Waals surface area contributed by atoms with Gasteiger partial charge in [0.2, 0.25) is 35.7 Å². The van der Waals surface area contributed by atoms with Gasteiger partial charge in [-0.05, 0) is 97.5 Å². The second-order valence-electron chi connectivity index (χ2n) is 15.7. The molecule has 0 unspecified atom stereocenters. The number of unbranched alkanes of at least 4 members (excludes halogenated alkanes) is 10. The molecule has 62 heavy (non-hydrogen) atoms. The molecule has 0 radical (unpaired) electrons. The Balaban J connectivity index is 1.09. The molecule has 0 spiro atoms. The largest absolute Gasteiger partial charge is 0.354 e. The predicted molar refractivity (Wildman–Crippen MR) is 261 cm³/mol. The number of nitrogens with zero attached hydrogens (tertiary/aromatic N) is 6. The molecule has 2 aromatic heterocycles. The van der Waals surface area contributed by atoms with Crippen molar-refractivity contribution in [3.05, 3.63) is 119 Å². The van der Waals surface area contributed by atoms with Crippen LogP contribution in [0.1, 0.15) is 113 Å². The molecule has 0 fully saturated rings. The van der Waals surface area contributed by atoms with Crippen LogP contribution in [0.25, 0.3) is 12.2 Å². The normalized spacial score (nSPS) is 11.1. The third-order valence-electron chi connectivity index (χ3n) is 10.5. The highest BCUT2D eigenvalue weighted by molar-refractivity contribution is 5.75. The predicted octanol–water partition coefficient (Wildman–Crippen LogP) is 13.4. The summed E-state index contributed by atoms with van der Waals surface area (Å²) in [6.45, 7) is 10.3. The Labute approximate surface area is 368 Å². The lowest BCUT2D eigenvalue weighted by Crippen LogP contribution is -2.10. The molecule has 6 rings (SSSR count). The van der Waals surface area contributed by atoms with Crippen LogP contribution >= 0.6 is 0 Å². The fourth-order valence-electron chi connectivity index (χ4n) is 6.96. The van der Waals surface area contributed by atoms with Crippen LogP contribution in [0.5, 0.6) is 0 Å². The van der Waals surface area contributed by atoms with Crippen LogP contribution < -0.4 is 31.9 Å². The summed E-state index contributed by atoms with van der Waals surface area (Å²) in [5.41, 5.74) is 8.08. The minimum absolute atomic E-state index is 0.470. The third kappa shape index (κ3) is 15.2. The van der Waals surface area contributed by atoms with E-state index in [1.807, 2.05) is 60.7 Å². The molecule has 6 N–H and O–H groups in total. The summed E-state index contributed by atoms with van der Waals surface area (Å²) in [5, 5.41) is 20.3. The van der Waals surface area contributed by atoms with Crippen LogP contribution in [0.2, 0.25) is 0 Å². The van der Waals surface area contributed by atoms with Crippen molar-refractivity contribution in [3.8, 4) is 0 Å². The average Bonchev–Trinajstić information content (AvgIpc) is 3.27. The molecule has 6 aromatic rings. The van der Waals surface area contributed by atoms with Crippen LogP contribution in [0.15, 0.2) is 97.1 Å². The lowest BCUT2D eigenvalue weighted by molar-refractivity contribution is 0.616. The van der Waals surface area contributed by atoms with E-state index in [1.54, 1.807) is 0 Å². The van der Waals surface area contributed by atoms with Crippen LogP contribution in [-0.2, 0) is 0 Å². The maximum atomic E-state index is 4.72. The van der Waals surface area contributed by atoms with E-state index in [4.69, 9.17) is 19.9 Å². The molecule has 4 aromatic carbocycles. The van der Waals surface area contributed by atoms with Crippen molar-refractivity contribution in [1.29, 1.82) is 0 Å². The van der Waals surface area contributed by atoms with Crippen LogP contribution in [-0.4, -0.2) is 43.0 Å². The Kier molecular flexibility index (Phi) is 17.9. The number of benzene rings is 4. The number of rotatable bonds is 26. The molecule has 0 aliphatic carbocycles. The molecular weight excluding hydrogens is 769 g/mol. The van der Waals surface area contributed by atoms with Crippen LogP contribution in [0, 0.1) is 13.8 Å². The fraction of sp³-hybridized carbons (Fsp3) is 0.360. The summed E-state index contributed by atoms with van der Waals surface area (Å²) in [6.07, 6.45) is 19.0. The summed E-state index contributed by atoms with van der Waals surface area (Å²) in [6, 6.07) is 32.4. The number of para-hydroxylation sites is 2. The first-order valence-corrected chi connectivity index (χ1v) is 22.5. The van der Waals surface area contributed by atoms with E-state index < -0.39 is 0 Å². The molecule has 0 saturated heterocycles. The molecule has 0 aliphatic heterocycles. The highest BCUT2D eigenvalue weighted by atomic mass is 15.3. The lowest BCUT2D eigenvalue weighted by Gasteiger charge is -2.13. The molecule has 0 aliphatic rings. The van der Waals surface area contributed by atoms with E-state index in [2.05, 4.69) is 118 Å². The van der Waals surface area contributed by atoms with Gasteiger partial charge in [0.05, 0.1) is 0 Å². The van der Waals surface area contributed by atoms with E-state index >= 15 is 0 Å². The summed E-state index contributed by atoms with van der Waals surface area (Å²) in [4.78, 5) is 28.2. The van der Waals surface area contributed by atoms with Crippen molar-refractivity contribution in [2.75, 3.05) is 45.0 Å². The van der Waals surface area contributed by atoms with Crippen LogP contribution in [0.4, 0.5) is 58.4 Å². The van der Waals surface area contributed by atoms with Crippen molar-refractivity contribution in [2.45, 2.75) is 105 Å². The van der Waals surface area contributed by atoms with Gasteiger partial charge < -0.3 is 31.9 Å². The van der Waals surface area contributed by atoms with E-state index in [9.17, 15) is 0 Å². The quantitative estimate of drug-likeness (QED) is 0.0228. The first-order chi connectivity index (χ1) is 30.4. The van der Waals surface area contributed by atoms with E-state index in [0.29, 0.717) is 35.7 Å². The number of hydrogen-bond donors (Lipinski definition) is 6. The number of aryl methyl sites for hydroxylation is 2. The summed E-state index contributed by atoms with van der Waals surface area (Å²) < 4.78 is 0. The number of hydrogen-bond acceptors (Lipinski definition) is 12. The fourth-order valence-corrected chi connectivity index (χ4v) is 6.96. The number of nitrogens with one attached hydrogen (secondary N) is 6. The standard InChI is InChI=1S/C50H64N12/c1-5-7-9-11-13-21-33-51-45-57-47(53-41-23-17-15-18-24-41)61-49(59-45)55-43-31-29-39(37(3)35-43)27-28-40-30-32-44(36-38(40)4)56-50-60-46(52-34-22-14-12-10-8-6-2)58-48(62-50)54-42-25-19-16-20-26-42/h15-20,23-32,35-36H,5-14,21-22,33-34H2,1-4H3,(H3,51,53,55,57,59,61)(H3,52,54,56,58,60,62). The van der Waals surface area contributed by atoms with Crippen molar-refractivity contribution in [1.82, 2.24) is 29.9 Å². The molecule has 324 valence electrons. The maximum absolute atomic E-state index is 4.72. The minimum atomic E-state index is 0.470. The molecule has 12 heteroatoms. The van der Waals surface area contributed by atoms with Gasteiger partial charge in [0.15, 0.2) is 0 Å². The molecule has 0 bridgehead atoms. The van der Waals surface area contributed by atoms with Gasteiger partial charge in [-0.15, -0.1) is 0 Å². The lowest BCUT2D eigenvalue weighted by atomic mass is 10.0. The minimum Gasteiger partial charge on any atom is -0.354 e. The maximum Gasteiger partial charge on any atom is 0.233 e. The second kappa shape index (κ2) is 24.6. The summed E-state index contributed by atoms with van der Waals surface area (Å²) in [5.74, 6) is 2.98. The zero-order chi connectivity index (χ0) is 43.2. The molecule has 0 amide bonds. The average molecular weight is 833 g/mol. The highest BCUT2D eigenvalue weighted by Crippen LogP contribution is 2.25. The van der Waals surface area contributed by atoms with Gasteiger partial charge in [-0.1, -0.05) is 139 Å². The Morgan fingerprint density at radius 1 is 0.371 bits per heavy atom. The van der Waals surface area contributed by atoms with Gasteiger partial charge >= 0.3 is 0 Å². The molecule has 12 nitrogen and oxygen atoms in total. The van der Waals surface area contributed by atoms with E-state index in [0.717, 1.165) is 70.9 Å². The molecule has 0 atom stereocenters. The molecule has 0 saturated carbocycles. The van der Waals surface area contributed by atoms with Gasteiger partial charge in [-0.3, -0.25) is 0 Å². The van der Waals surface area contributed by atoms with Crippen molar-refractivity contribution >= 4 is 70.6 Å². The van der Waals surface area contributed by atoms with Crippen molar-refractivity contribution in [3.63, 3.8) is 0 Å². The first kappa shape index (κ1) is 45.0. The van der Waals surface area contributed by atoms with Gasteiger partial charge in [0, 0.05) is 35.8 Å². The van der Waals surface area contributed by atoms with E-state index in [-0.39, 0.29) is 0 Å². The summed E-state index contributed by atoms with van der Waals surface area (Å²) in [7, 11) is 0. The topological polar surface area (TPSA) is 150 Å². The number of aromatic nitrogens is 6. The number of anilines is 10. The van der Waals surface area contributed by atoms with Crippen molar-refractivity contribution < 1.29 is 0 Å². The molecular formula is C50H64N12. The Hall–Kier alpha value is -6.56.